The lowest BCUT2D eigenvalue weighted by molar-refractivity contribution is 0.242. The molecule has 0 amide bonds. The molecular formula is C13H20BFO. The van der Waals surface area contributed by atoms with E-state index in [0.717, 1.165) is 19.2 Å². The summed E-state index contributed by atoms with van der Waals surface area (Å²) in [6, 6.07) is 4.91. The maximum absolute atomic E-state index is 13.2. The molecule has 1 nitrogen and oxygen atoms in total. The van der Waals surface area contributed by atoms with Gasteiger partial charge in [-0.3, -0.25) is 0 Å². The van der Waals surface area contributed by atoms with Gasteiger partial charge in [-0.15, -0.1) is 0 Å². The van der Waals surface area contributed by atoms with Gasteiger partial charge in [0.1, 0.15) is 11.6 Å². The van der Waals surface area contributed by atoms with Crippen molar-refractivity contribution in [3.05, 3.63) is 24.0 Å². The quantitative estimate of drug-likeness (QED) is 0.711. The SMILES string of the molecule is CBc1cc(F)cc(OCCC(C)(C)C)c1. The molecule has 0 aliphatic carbocycles. The van der Waals surface area contributed by atoms with Gasteiger partial charge in [0.05, 0.1) is 6.61 Å². The van der Waals surface area contributed by atoms with Gasteiger partial charge in [-0.05, 0) is 24.0 Å². The minimum atomic E-state index is -0.217. The van der Waals surface area contributed by atoms with Gasteiger partial charge in [-0.1, -0.05) is 33.1 Å². The first-order valence-corrected chi connectivity index (χ1v) is 5.83. The fourth-order valence-electron chi connectivity index (χ4n) is 1.38. The van der Waals surface area contributed by atoms with Gasteiger partial charge in [0.25, 0.3) is 0 Å². The van der Waals surface area contributed by atoms with Crippen LogP contribution < -0.4 is 10.2 Å². The van der Waals surface area contributed by atoms with E-state index < -0.39 is 0 Å². The lowest BCUT2D eigenvalue weighted by Crippen LogP contribution is -2.14. The minimum absolute atomic E-state index is 0.217. The van der Waals surface area contributed by atoms with Crippen molar-refractivity contribution in [1.82, 2.24) is 0 Å². The van der Waals surface area contributed by atoms with Crippen LogP contribution in [0.5, 0.6) is 5.75 Å². The molecule has 0 saturated carbocycles. The average Bonchev–Trinajstić information content (AvgIpc) is 2.14. The summed E-state index contributed by atoms with van der Waals surface area (Å²) in [5.41, 5.74) is 1.23. The normalized spacial score (nSPS) is 11.3. The van der Waals surface area contributed by atoms with Gasteiger partial charge in [0, 0.05) is 6.07 Å². The minimum Gasteiger partial charge on any atom is -0.493 e. The van der Waals surface area contributed by atoms with E-state index in [1.165, 1.54) is 6.07 Å². The molecule has 16 heavy (non-hydrogen) atoms. The molecule has 0 bridgehead atoms. The zero-order valence-corrected chi connectivity index (χ0v) is 10.6. The number of hydrogen-bond donors (Lipinski definition) is 0. The molecule has 0 N–H and O–H groups in total. The number of ether oxygens (including phenoxy) is 1. The van der Waals surface area contributed by atoms with Crippen LogP contribution in [0.15, 0.2) is 18.2 Å². The Bertz CT molecular complexity index is 344. The van der Waals surface area contributed by atoms with Crippen molar-refractivity contribution in [2.45, 2.75) is 34.0 Å². The van der Waals surface area contributed by atoms with Crippen LogP contribution in [-0.2, 0) is 0 Å². The Morgan fingerprint density at radius 1 is 1.25 bits per heavy atom. The van der Waals surface area contributed by atoms with Crippen LogP contribution in [0.4, 0.5) is 4.39 Å². The second-order valence-electron chi connectivity index (χ2n) is 5.31. The summed E-state index contributed by atoms with van der Waals surface area (Å²) in [6.45, 7) is 9.14. The van der Waals surface area contributed by atoms with Crippen LogP contribution in [0, 0.1) is 11.2 Å². The third kappa shape index (κ3) is 4.69. The van der Waals surface area contributed by atoms with Crippen LogP contribution in [0.25, 0.3) is 0 Å². The van der Waals surface area contributed by atoms with Crippen LogP contribution in [0.2, 0.25) is 6.82 Å². The van der Waals surface area contributed by atoms with Gasteiger partial charge in [-0.2, -0.15) is 0 Å². The summed E-state index contributed by atoms with van der Waals surface area (Å²) < 4.78 is 18.8. The van der Waals surface area contributed by atoms with E-state index in [2.05, 4.69) is 20.8 Å². The van der Waals surface area contributed by atoms with Crippen LogP contribution in [0.1, 0.15) is 27.2 Å². The summed E-state index contributed by atoms with van der Waals surface area (Å²) in [5, 5.41) is 0. The first kappa shape index (κ1) is 13.1. The van der Waals surface area contributed by atoms with Gasteiger partial charge >= 0.3 is 0 Å². The largest absolute Gasteiger partial charge is 0.493 e. The molecule has 0 aliphatic rings. The Morgan fingerprint density at radius 3 is 2.50 bits per heavy atom. The lowest BCUT2D eigenvalue weighted by Gasteiger charge is -2.18. The third-order valence-corrected chi connectivity index (χ3v) is 2.46. The van der Waals surface area contributed by atoms with E-state index in [0.29, 0.717) is 12.4 Å². The molecule has 0 aliphatic heterocycles. The van der Waals surface area contributed by atoms with Crippen molar-refractivity contribution in [3.63, 3.8) is 0 Å². The van der Waals surface area contributed by atoms with E-state index >= 15 is 0 Å². The van der Waals surface area contributed by atoms with Crippen LogP contribution >= 0.6 is 0 Å². The molecule has 0 atom stereocenters. The first-order valence-electron chi connectivity index (χ1n) is 5.83. The molecule has 1 rings (SSSR count). The fraction of sp³-hybridized carbons (Fsp3) is 0.538. The first-order chi connectivity index (χ1) is 7.40. The van der Waals surface area contributed by atoms with Crippen molar-refractivity contribution in [2.75, 3.05) is 6.61 Å². The second kappa shape index (κ2) is 5.38. The molecule has 3 heteroatoms. The Hall–Kier alpha value is -0.985. The number of rotatable bonds is 4. The van der Waals surface area contributed by atoms with Gasteiger partial charge in [-0.25, -0.2) is 4.39 Å². The third-order valence-electron chi connectivity index (χ3n) is 2.46. The molecule has 0 spiro atoms. The zero-order valence-electron chi connectivity index (χ0n) is 10.6. The number of hydrogen-bond acceptors (Lipinski definition) is 1. The Kier molecular flexibility index (Phi) is 4.39. The van der Waals surface area contributed by atoms with E-state index in [4.69, 9.17) is 4.74 Å². The highest BCUT2D eigenvalue weighted by molar-refractivity contribution is 6.51. The van der Waals surface area contributed by atoms with Crippen molar-refractivity contribution in [3.8, 4) is 5.75 Å². The maximum atomic E-state index is 13.2. The predicted octanol–water partition coefficient (Wildman–Crippen LogP) is 2.75. The predicted molar refractivity (Wildman–Crippen MR) is 68.6 cm³/mol. The standard InChI is InChI=1S/C13H20BFO/c1-13(2,3)5-6-16-12-8-10(14-4)7-11(15)9-12/h7-9,14H,5-6H2,1-4H3. The monoisotopic (exact) mass is 222 g/mol. The van der Waals surface area contributed by atoms with E-state index in [9.17, 15) is 4.39 Å². The van der Waals surface area contributed by atoms with Gasteiger partial charge < -0.3 is 4.74 Å². The van der Waals surface area contributed by atoms with Crippen molar-refractivity contribution >= 4 is 12.7 Å². The summed E-state index contributed by atoms with van der Waals surface area (Å²) in [6.07, 6.45) is 0.963. The van der Waals surface area contributed by atoms with Crippen molar-refractivity contribution in [1.29, 1.82) is 0 Å². The van der Waals surface area contributed by atoms with Gasteiger partial charge in [0.15, 0.2) is 7.28 Å². The fourth-order valence-corrected chi connectivity index (χ4v) is 1.38. The molecule has 1 aromatic carbocycles. The molecule has 88 valence electrons. The average molecular weight is 222 g/mol. The highest BCUT2D eigenvalue weighted by Gasteiger charge is 2.10. The Morgan fingerprint density at radius 2 is 1.94 bits per heavy atom. The van der Waals surface area contributed by atoms with Crippen molar-refractivity contribution in [2.24, 2.45) is 5.41 Å². The molecule has 0 saturated heterocycles. The van der Waals surface area contributed by atoms with Crippen LogP contribution in [-0.4, -0.2) is 13.9 Å². The highest BCUT2D eigenvalue weighted by Crippen LogP contribution is 2.19. The summed E-state index contributed by atoms with van der Waals surface area (Å²) in [5.74, 6) is 0.422. The molecule has 0 unspecified atom stereocenters. The number of benzene rings is 1. The Balaban J connectivity index is 2.57. The zero-order chi connectivity index (χ0) is 12.2. The molecule has 0 radical (unpaired) electrons. The Labute approximate surface area is 98.3 Å². The summed E-state index contributed by atoms with van der Waals surface area (Å²) in [7, 11) is 0.827. The number of halogens is 1. The van der Waals surface area contributed by atoms with E-state index in [-0.39, 0.29) is 11.2 Å². The molecule has 1 aromatic rings. The van der Waals surface area contributed by atoms with E-state index in [1.807, 2.05) is 12.9 Å². The van der Waals surface area contributed by atoms with E-state index in [1.54, 1.807) is 6.07 Å². The topological polar surface area (TPSA) is 9.23 Å². The second-order valence-corrected chi connectivity index (χ2v) is 5.31. The molecular weight excluding hydrogens is 202 g/mol. The highest BCUT2D eigenvalue weighted by atomic mass is 19.1. The summed E-state index contributed by atoms with van der Waals surface area (Å²) in [4.78, 5) is 0. The smallest absolute Gasteiger partial charge is 0.154 e. The molecule has 0 fully saturated rings. The molecule has 0 aromatic heterocycles. The maximum Gasteiger partial charge on any atom is 0.154 e. The van der Waals surface area contributed by atoms with Crippen molar-refractivity contribution < 1.29 is 9.13 Å². The van der Waals surface area contributed by atoms with Gasteiger partial charge in [0.2, 0.25) is 0 Å². The molecule has 0 heterocycles. The van der Waals surface area contributed by atoms with Crippen LogP contribution in [0.3, 0.4) is 0 Å². The summed E-state index contributed by atoms with van der Waals surface area (Å²) >= 11 is 0. The lowest BCUT2D eigenvalue weighted by atomic mass is 9.73.